The molecule has 1 aromatic heterocycles. The van der Waals surface area contributed by atoms with E-state index in [2.05, 4.69) is 36.3 Å². The highest BCUT2D eigenvalue weighted by atomic mass is 79.9. The van der Waals surface area contributed by atoms with E-state index in [1.807, 2.05) is 0 Å². The van der Waals surface area contributed by atoms with Gasteiger partial charge in [0.15, 0.2) is 5.82 Å². The molecular weight excluding hydrogens is 590 g/mol. The fraction of sp³-hybridized carbons (Fsp3) is 0.261. The van der Waals surface area contributed by atoms with Crippen LogP contribution in [0.25, 0.3) is 0 Å². The summed E-state index contributed by atoms with van der Waals surface area (Å²) >= 11 is 2.97. The number of nitrogens with zero attached hydrogens (tertiary/aromatic N) is 2. The van der Waals surface area contributed by atoms with E-state index >= 15 is 0 Å². The maximum Gasteiger partial charge on any atom is 0.573 e. The number of carbonyl (C=O) groups is 2. The Kier molecular flexibility index (Phi) is 9.25. The number of imidazole rings is 1. The SMILES string of the molecule is O=C(Nc1ccc(OC(F)(F)F)cc1)Nc1cn(Cc2ccc(C(F)(F)F)cc2)c(CCOC(=O)CBr)n1. The van der Waals surface area contributed by atoms with Gasteiger partial charge in [-0.15, -0.1) is 13.2 Å². The number of aromatic nitrogens is 2. The molecule has 38 heavy (non-hydrogen) atoms. The standard InChI is InChI=1S/C23H19BrF6N4O4/c24-11-20(35)37-10-9-19-32-18(13-34(19)12-14-1-3-15(4-2-14)22(25,26)27)33-21(36)31-16-5-7-17(8-6-16)38-23(28,29)30/h1-8,13H,9-12H2,(H2,31,33,36). The lowest BCUT2D eigenvalue weighted by Crippen LogP contribution is -2.20. The monoisotopic (exact) mass is 608 g/mol. The molecule has 0 spiro atoms. The summed E-state index contributed by atoms with van der Waals surface area (Å²) in [6.07, 6.45) is -7.74. The van der Waals surface area contributed by atoms with Crippen LogP contribution in [0.4, 0.5) is 42.6 Å². The Morgan fingerprint density at radius 1 is 0.947 bits per heavy atom. The van der Waals surface area contributed by atoms with E-state index in [0.717, 1.165) is 24.3 Å². The molecule has 0 radical (unpaired) electrons. The Labute approximate surface area is 220 Å². The van der Waals surface area contributed by atoms with E-state index < -0.39 is 35.9 Å². The van der Waals surface area contributed by atoms with Gasteiger partial charge in [-0.1, -0.05) is 28.1 Å². The van der Waals surface area contributed by atoms with Gasteiger partial charge >= 0.3 is 24.5 Å². The number of alkyl halides is 7. The summed E-state index contributed by atoms with van der Waals surface area (Å²) in [6.45, 7) is 0.0727. The van der Waals surface area contributed by atoms with Crippen LogP contribution >= 0.6 is 15.9 Å². The van der Waals surface area contributed by atoms with Crippen LogP contribution in [0.15, 0.2) is 54.7 Å². The molecule has 0 saturated heterocycles. The molecule has 0 aliphatic rings. The molecule has 0 atom stereocenters. The van der Waals surface area contributed by atoms with Gasteiger partial charge in [-0.3, -0.25) is 10.1 Å². The van der Waals surface area contributed by atoms with Crippen LogP contribution < -0.4 is 15.4 Å². The molecule has 3 rings (SSSR count). The van der Waals surface area contributed by atoms with Gasteiger partial charge in [-0.25, -0.2) is 9.78 Å². The zero-order valence-electron chi connectivity index (χ0n) is 19.2. The molecule has 0 aliphatic heterocycles. The lowest BCUT2D eigenvalue weighted by Gasteiger charge is -2.10. The van der Waals surface area contributed by atoms with Crippen molar-refractivity contribution in [2.45, 2.75) is 25.5 Å². The second kappa shape index (κ2) is 12.2. The number of ether oxygens (including phenoxy) is 2. The Morgan fingerprint density at radius 2 is 1.61 bits per heavy atom. The highest BCUT2D eigenvalue weighted by molar-refractivity contribution is 9.09. The number of amides is 2. The highest BCUT2D eigenvalue weighted by Crippen LogP contribution is 2.29. The number of halogens is 7. The third-order valence-corrected chi connectivity index (χ3v) is 5.24. The normalized spacial score (nSPS) is 11.7. The number of benzene rings is 2. The van der Waals surface area contributed by atoms with Crippen molar-refractivity contribution in [2.24, 2.45) is 0 Å². The smallest absolute Gasteiger partial charge is 0.465 e. The van der Waals surface area contributed by atoms with E-state index in [4.69, 9.17) is 4.74 Å². The minimum Gasteiger partial charge on any atom is -0.465 e. The molecular formula is C23H19BrF6N4O4. The van der Waals surface area contributed by atoms with Crippen LogP contribution in [0.1, 0.15) is 17.0 Å². The van der Waals surface area contributed by atoms with Crippen molar-refractivity contribution in [1.29, 1.82) is 0 Å². The number of anilines is 2. The van der Waals surface area contributed by atoms with Gasteiger partial charge in [0.1, 0.15) is 16.9 Å². The quantitative estimate of drug-likeness (QED) is 0.177. The Hall–Kier alpha value is -3.75. The summed E-state index contributed by atoms with van der Waals surface area (Å²) in [5, 5.41) is 4.89. The lowest BCUT2D eigenvalue weighted by molar-refractivity contribution is -0.274. The first kappa shape index (κ1) is 28.8. The lowest BCUT2D eigenvalue weighted by atomic mass is 10.1. The number of hydrogen-bond acceptors (Lipinski definition) is 5. The molecule has 2 aromatic carbocycles. The number of urea groups is 1. The van der Waals surface area contributed by atoms with Gasteiger partial charge in [-0.2, -0.15) is 13.2 Å². The molecule has 0 fully saturated rings. The zero-order chi connectivity index (χ0) is 27.9. The fourth-order valence-corrected chi connectivity index (χ4v) is 3.32. The first-order valence-electron chi connectivity index (χ1n) is 10.7. The van der Waals surface area contributed by atoms with Gasteiger partial charge in [0.05, 0.1) is 12.2 Å². The van der Waals surface area contributed by atoms with Gasteiger partial charge in [0, 0.05) is 24.8 Å². The van der Waals surface area contributed by atoms with E-state index in [0.29, 0.717) is 11.4 Å². The predicted octanol–water partition coefficient (Wildman–Crippen LogP) is 5.97. The van der Waals surface area contributed by atoms with Crippen LogP contribution in [0.2, 0.25) is 0 Å². The molecule has 1 heterocycles. The zero-order valence-corrected chi connectivity index (χ0v) is 20.8. The summed E-state index contributed by atoms with van der Waals surface area (Å²) in [5.74, 6) is -0.518. The molecule has 0 unspecified atom stereocenters. The first-order valence-corrected chi connectivity index (χ1v) is 11.8. The van der Waals surface area contributed by atoms with E-state index in [-0.39, 0.29) is 36.4 Å². The van der Waals surface area contributed by atoms with Crippen LogP contribution in [-0.4, -0.2) is 39.9 Å². The molecule has 2 amide bonds. The summed E-state index contributed by atoms with van der Waals surface area (Å²) in [6, 6.07) is 8.20. The maximum atomic E-state index is 12.9. The van der Waals surface area contributed by atoms with Crippen LogP contribution in [0, 0.1) is 0 Å². The summed E-state index contributed by atoms with van der Waals surface area (Å²) < 4.78 is 85.8. The number of carbonyl (C=O) groups excluding carboxylic acids is 2. The molecule has 8 nitrogen and oxygen atoms in total. The average molecular weight is 609 g/mol. The van der Waals surface area contributed by atoms with Gasteiger partial charge < -0.3 is 19.4 Å². The average Bonchev–Trinajstić information content (AvgIpc) is 3.19. The van der Waals surface area contributed by atoms with Crippen LogP contribution in [0.5, 0.6) is 5.75 Å². The molecule has 0 bridgehead atoms. The Bertz CT molecular complexity index is 1240. The minimum atomic E-state index is -4.85. The third kappa shape index (κ3) is 8.97. The second-order valence-electron chi connectivity index (χ2n) is 7.62. The second-order valence-corrected chi connectivity index (χ2v) is 8.18. The highest BCUT2D eigenvalue weighted by Gasteiger charge is 2.31. The fourth-order valence-electron chi connectivity index (χ4n) is 3.16. The van der Waals surface area contributed by atoms with Crippen molar-refractivity contribution in [3.8, 4) is 5.75 Å². The molecule has 2 N–H and O–H groups in total. The van der Waals surface area contributed by atoms with Gasteiger partial charge in [0.25, 0.3) is 0 Å². The number of rotatable bonds is 9. The number of nitrogens with one attached hydrogen (secondary N) is 2. The maximum absolute atomic E-state index is 12.9. The summed E-state index contributed by atoms with van der Waals surface area (Å²) in [5.41, 5.74) is -0.111. The topological polar surface area (TPSA) is 94.5 Å². The van der Waals surface area contributed by atoms with Crippen molar-refractivity contribution in [1.82, 2.24) is 9.55 Å². The van der Waals surface area contributed by atoms with Crippen LogP contribution in [0.3, 0.4) is 0 Å². The molecule has 15 heteroatoms. The predicted molar refractivity (Wildman–Crippen MR) is 127 cm³/mol. The van der Waals surface area contributed by atoms with Crippen molar-refractivity contribution in [2.75, 3.05) is 22.6 Å². The summed E-state index contributed by atoms with van der Waals surface area (Å²) in [7, 11) is 0. The van der Waals surface area contributed by atoms with E-state index in [1.54, 1.807) is 4.57 Å². The molecule has 3 aromatic rings. The molecule has 204 valence electrons. The molecule has 0 aliphatic carbocycles. The molecule has 0 saturated carbocycles. The third-order valence-electron chi connectivity index (χ3n) is 4.78. The Balaban J connectivity index is 1.70. The van der Waals surface area contributed by atoms with E-state index in [9.17, 15) is 35.9 Å². The van der Waals surface area contributed by atoms with Crippen molar-refractivity contribution in [3.05, 3.63) is 71.7 Å². The first-order chi connectivity index (χ1) is 17.8. The van der Waals surface area contributed by atoms with Crippen molar-refractivity contribution < 1.29 is 45.4 Å². The van der Waals surface area contributed by atoms with Crippen LogP contribution in [-0.2, 0) is 28.7 Å². The number of hydrogen-bond donors (Lipinski definition) is 2. The largest absolute Gasteiger partial charge is 0.573 e. The van der Waals surface area contributed by atoms with Gasteiger partial charge in [-0.05, 0) is 42.0 Å². The van der Waals surface area contributed by atoms with Crippen molar-refractivity contribution >= 4 is 39.4 Å². The summed E-state index contributed by atoms with van der Waals surface area (Å²) in [4.78, 5) is 28.1. The Morgan fingerprint density at radius 3 is 2.18 bits per heavy atom. The van der Waals surface area contributed by atoms with Crippen molar-refractivity contribution in [3.63, 3.8) is 0 Å². The van der Waals surface area contributed by atoms with E-state index in [1.165, 1.54) is 30.5 Å². The number of esters is 1. The van der Waals surface area contributed by atoms with Gasteiger partial charge in [0.2, 0.25) is 0 Å². The minimum absolute atomic E-state index is 0.0106.